The Morgan fingerprint density at radius 3 is 0.788 bits per heavy atom. The predicted octanol–water partition coefficient (Wildman–Crippen LogP) is 6.98. The second kappa shape index (κ2) is 14.9. The largest absolute Gasteiger partial charge is 0.335 e. The summed E-state index contributed by atoms with van der Waals surface area (Å²) < 4.78 is 72.0. The van der Waals surface area contributed by atoms with Crippen LogP contribution < -0.4 is 0 Å². The minimum absolute atomic E-state index is 0.0106. The van der Waals surface area contributed by atoms with Gasteiger partial charge in [0.05, 0.1) is 58.1 Å². The maximum absolute atomic E-state index is 13.1. The fourth-order valence-corrected chi connectivity index (χ4v) is 8.37. The molecule has 0 heterocycles. The molecule has 0 aliphatic rings. The van der Waals surface area contributed by atoms with Crippen LogP contribution in [0.3, 0.4) is 0 Å². The quantitative estimate of drug-likeness (QED) is 0.186. The molecule has 12 heteroatoms. The molecule has 192 valence electrons. The first kappa shape index (κ1) is 30.7. The highest BCUT2D eigenvalue weighted by molar-refractivity contribution is 7.53. The number of hydrogen-bond donors (Lipinski definition) is 0. The van der Waals surface area contributed by atoms with Crippen molar-refractivity contribution in [3.63, 3.8) is 0 Å². The van der Waals surface area contributed by atoms with Crippen molar-refractivity contribution in [2.45, 2.75) is 60.0 Å². The monoisotopic (exact) mass is 528 g/mol. The van der Waals surface area contributed by atoms with Crippen molar-refractivity contribution in [3.05, 3.63) is 34.9 Å². The average molecular weight is 528 g/mol. The maximum atomic E-state index is 13.1. The molecule has 0 N–H and O–H groups in total. The average Bonchev–Trinajstić information content (AvgIpc) is 2.68. The van der Waals surface area contributed by atoms with Gasteiger partial charge in [-0.2, -0.15) is 0 Å². The molecular weight excluding hydrogens is 489 g/mol. The molecule has 0 aromatic heterocycles. The molecule has 0 aliphatic heterocycles. The lowest BCUT2D eigenvalue weighted by molar-refractivity contribution is 0.218. The van der Waals surface area contributed by atoms with Gasteiger partial charge in [-0.15, -0.1) is 0 Å². The summed E-state index contributed by atoms with van der Waals surface area (Å²) in [4.78, 5) is 0. The molecule has 1 rings (SSSR count). The lowest BCUT2D eigenvalue weighted by Gasteiger charge is -2.21. The fraction of sp³-hybridized carbons (Fsp3) is 0.714. The normalized spacial score (nSPS) is 12.9. The molecule has 9 nitrogen and oxygen atoms in total. The van der Waals surface area contributed by atoms with E-state index in [0.29, 0.717) is 16.7 Å². The van der Waals surface area contributed by atoms with Crippen LogP contribution in [-0.2, 0) is 59.3 Å². The Morgan fingerprint density at radius 1 is 0.455 bits per heavy atom. The molecule has 0 saturated carbocycles. The minimum atomic E-state index is -3.40. The van der Waals surface area contributed by atoms with Gasteiger partial charge >= 0.3 is 22.8 Å². The van der Waals surface area contributed by atoms with Gasteiger partial charge in [0.2, 0.25) is 0 Å². The summed E-state index contributed by atoms with van der Waals surface area (Å²) in [6, 6.07) is 5.31. The van der Waals surface area contributed by atoms with Gasteiger partial charge in [0, 0.05) is 0 Å². The number of rotatable bonds is 18. The highest BCUT2D eigenvalue weighted by Gasteiger charge is 2.29. The van der Waals surface area contributed by atoms with Crippen molar-refractivity contribution >= 4 is 22.8 Å². The van der Waals surface area contributed by atoms with Crippen LogP contribution in [0.1, 0.15) is 58.2 Å². The van der Waals surface area contributed by atoms with E-state index in [-0.39, 0.29) is 58.1 Å². The molecule has 0 unspecified atom stereocenters. The summed E-state index contributed by atoms with van der Waals surface area (Å²) in [6.07, 6.45) is 0.0317. The van der Waals surface area contributed by atoms with Gasteiger partial charge in [0.15, 0.2) is 0 Å². The van der Waals surface area contributed by atoms with Crippen LogP contribution in [0.15, 0.2) is 18.2 Å². The van der Waals surface area contributed by atoms with Crippen molar-refractivity contribution < 1.29 is 40.8 Å². The second-order valence-electron chi connectivity index (χ2n) is 6.97. The van der Waals surface area contributed by atoms with Crippen molar-refractivity contribution in [2.75, 3.05) is 39.6 Å². The summed E-state index contributed by atoms with van der Waals surface area (Å²) in [7, 11) is -10.2. The Labute approximate surface area is 198 Å². The molecule has 0 aliphatic carbocycles. The summed E-state index contributed by atoms with van der Waals surface area (Å²) >= 11 is 0. The lowest BCUT2D eigenvalue weighted by Crippen LogP contribution is -2.04. The van der Waals surface area contributed by atoms with Crippen molar-refractivity contribution in [1.82, 2.24) is 0 Å². The Morgan fingerprint density at radius 2 is 0.636 bits per heavy atom. The van der Waals surface area contributed by atoms with Crippen molar-refractivity contribution in [1.29, 1.82) is 0 Å². The third-order valence-electron chi connectivity index (χ3n) is 4.20. The third kappa shape index (κ3) is 10.9. The van der Waals surface area contributed by atoms with Gasteiger partial charge in [0.1, 0.15) is 0 Å². The topological polar surface area (TPSA) is 107 Å². The summed E-state index contributed by atoms with van der Waals surface area (Å²) in [5.74, 6) is 0. The van der Waals surface area contributed by atoms with Crippen molar-refractivity contribution in [3.8, 4) is 0 Å². The Hall–Kier alpha value is -0.330. The zero-order valence-corrected chi connectivity index (χ0v) is 23.3. The van der Waals surface area contributed by atoms with E-state index in [2.05, 4.69) is 0 Å². The smallest absolute Gasteiger partial charge is 0.309 e. The van der Waals surface area contributed by atoms with Gasteiger partial charge in [-0.25, -0.2) is 0 Å². The van der Waals surface area contributed by atoms with Gasteiger partial charge in [0.25, 0.3) is 0 Å². The zero-order chi connectivity index (χ0) is 25.0. The number of benzene rings is 1. The van der Waals surface area contributed by atoms with E-state index in [1.54, 1.807) is 59.7 Å². The molecule has 0 saturated heterocycles. The molecule has 0 radical (unpaired) electrons. The summed E-state index contributed by atoms with van der Waals surface area (Å²) in [6.45, 7) is 11.9. The fourth-order valence-electron chi connectivity index (χ4n) is 3.35. The van der Waals surface area contributed by atoms with Crippen LogP contribution in [0.2, 0.25) is 0 Å². The first-order chi connectivity index (χ1) is 15.6. The maximum Gasteiger partial charge on any atom is 0.335 e. The highest BCUT2D eigenvalue weighted by atomic mass is 31.2. The number of hydrogen-bond acceptors (Lipinski definition) is 9. The molecule has 0 bridgehead atoms. The standard InChI is InChI=1S/C21H39O9P3/c1-7-25-31(22,26-8-2)16-19-13-20(17-32(23,27-9-3)28-10-4)15-21(14-19)18-33(24,29-11-5)30-12-6/h13-15H,7-12,16-18H2,1-6H3. The van der Waals surface area contributed by atoms with Crippen LogP contribution in [-0.4, -0.2) is 39.6 Å². The molecular formula is C21H39O9P3. The highest BCUT2D eigenvalue weighted by Crippen LogP contribution is 2.55. The van der Waals surface area contributed by atoms with Gasteiger partial charge in [-0.1, -0.05) is 18.2 Å². The minimum Gasteiger partial charge on any atom is -0.309 e. The third-order valence-corrected chi connectivity index (χ3v) is 10.4. The van der Waals surface area contributed by atoms with Gasteiger partial charge in [-0.3, -0.25) is 13.7 Å². The summed E-state index contributed by atoms with van der Waals surface area (Å²) in [5, 5.41) is 0. The zero-order valence-electron chi connectivity index (χ0n) is 20.6. The Balaban J connectivity index is 3.44. The van der Waals surface area contributed by atoms with Crippen LogP contribution in [0, 0.1) is 0 Å². The van der Waals surface area contributed by atoms with E-state index in [4.69, 9.17) is 27.1 Å². The van der Waals surface area contributed by atoms with E-state index in [0.717, 1.165) is 0 Å². The van der Waals surface area contributed by atoms with Crippen LogP contribution in [0.25, 0.3) is 0 Å². The molecule has 0 fully saturated rings. The first-order valence-corrected chi connectivity index (χ1v) is 16.5. The van der Waals surface area contributed by atoms with E-state index in [1.807, 2.05) is 0 Å². The molecule has 0 atom stereocenters. The first-order valence-electron chi connectivity index (χ1n) is 11.4. The van der Waals surface area contributed by atoms with Crippen molar-refractivity contribution in [2.24, 2.45) is 0 Å². The molecule has 33 heavy (non-hydrogen) atoms. The Bertz CT molecular complexity index is 708. The van der Waals surface area contributed by atoms with E-state index >= 15 is 0 Å². The van der Waals surface area contributed by atoms with Crippen LogP contribution >= 0.6 is 22.8 Å². The van der Waals surface area contributed by atoms with E-state index in [9.17, 15) is 13.7 Å². The van der Waals surface area contributed by atoms with E-state index < -0.39 is 22.8 Å². The van der Waals surface area contributed by atoms with Gasteiger partial charge in [-0.05, 0) is 58.2 Å². The van der Waals surface area contributed by atoms with Gasteiger partial charge < -0.3 is 27.1 Å². The molecule has 1 aromatic rings. The van der Waals surface area contributed by atoms with Crippen LogP contribution in [0.4, 0.5) is 0 Å². The van der Waals surface area contributed by atoms with Crippen LogP contribution in [0.5, 0.6) is 0 Å². The molecule has 0 spiro atoms. The molecule has 0 amide bonds. The van der Waals surface area contributed by atoms with E-state index in [1.165, 1.54) is 0 Å². The lowest BCUT2D eigenvalue weighted by atomic mass is 10.1. The molecule has 1 aromatic carbocycles. The Kier molecular flexibility index (Phi) is 13.9. The second-order valence-corrected chi connectivity index (χ2v) is 13.1. The summed E-state index contributed by atoms with van der Waals surface area (Å²) in [5.41, 5.74) is 1.89. The SMILES string of the molecule is CCOP(=O)(Cc1cc(CP(=O)(OCC)OCC)cc(CP(=O)(OCC)OCC)c1)OCC. The predicted molar refractivity (Wildman–Crippen MR) is 130 cm³/mol.